The van der Waals surface area contributed by atoms with Gasteiger partial charge in [-0.1, -0.05) is 12.1 Å². The van der Waals surface area contributed by atoms with Crippen LogP contribution in [0.25, 0.3) is 0 Å². The van der Waals surface area contributed by atoms with Crippen molar-refractivity contribution in [1.29, 1.82) is 0 Å². The van der Waals surface area contributed by atoms with Crippen LogP contribution in [0.4, 0.5) is 4.39 Å². The SMILES string of the molecule is COc1ccc(C(C)=O)c(OCC(=O)N2C[C@@H](C)N(Cc3ccc(F)cc3)C[C@@H]2C)c1. The van der Waals surface area contributed by atoms with Crippen LogP contribution in [0, 0.1) is 5.82 Å². The van der Waals surface area contributed by atoms with E-state index in [1.807, 2.05) is 11.8 Å². The Morgan fingerprint density at radius 2 is 1.77 bits per heavy atom. The number of ether oxygens (including phenoxy) is 2. The minimum Gasteiger partial charge on any atom is -0.497 e. The van der Waals surface area contributed by atoms with Crippen molar-refractivity contribution < 1.29 is 23.5 Å². The molecule has 2 aromatic carbocycles. The van der Waals surface area contributed by atoms with Gasteiger partial charge in [-0.2, -0.15) is 0 Å². The Morgan fingerprint density at radius 1 is 1.06 bits per heavy atom. The van der Waals surface area contributed by atoms with Gasteiger partial charge in [-0.3, -0.25) is 14.5 Å². The molecule has 0 aromatic heterocycles. The number of amides is 1. The minimum atomic E-state index is -0.246. The number of hydrogen-bond acceptors (Lipinski definition) is 5. The van der Waals surface area contributed by atoms with Gasteiger partial charge in [0.1, 0.15) is 17.3 Å². The second-order valence-corrected chi connectivity index (χ2v) is 8.01. The number of nitrogens with zero attached hydrogens (tertiary/aromatic N) is 2. The number of rotatable bonds is 7. The summed E-state index contributed by atoms with van der Waals surface area (Å²) in [5, 5.41) is 0. The molecule has 3 rings (SSSR count). The summed E-state index contributed by atoms with van der Waals surface area (Å²) in [5.74, 6) is 0.392. The molecule has 0 unspecified atom stereocenters. The molecular formula is C24H29FN2O4. The molecule has 1 heterocycles. The summed E-state index contributed by atoms with van der Waals surface area (Å²) in [4.78, 5) is 28.9. The molecule has 166 valence electrons. The molecular weight excluding hydrogens is 399 g/mol. The zero-order chi connectivity index (χ0) is 22.5. The summed E-state index contributed by atoms with van der Waals surface area (Å²) in [7, 11) is 1.53. The van der Waals surface area contributed by atoms with Crippen molar-refractivity contribution in [3.05, 3.63) is 59.4 Å². The molecule has 1 aliphatic heterocycles. The number of piperazine rings is 1. The van der Waals surface area contributed by atoms with Crippen LogP contribution in [0.3, 0.4) is 0 Å². The van der Waals surface area contributed by atoms with Gasteiger partial charge in [0.25, 0.3) is 5.91 Å². The Kier molecular flexibility index (Phi) is 7.28. The van der Waals surface area contributed by atoms with E-state index >= 15 is 0 Å². The highest BCUT2D eigenvalue weighted by Gasteiger charge is 2.32. The molecule has 0 aliphatic carbocycles. The zero-order valence-corrected chi connectivity index (χ0v) is 18.4. The van der Waals surface area contributed by atoms with Gasteiger partial charge in [0.2, 0.25) is 0 Å². The maximum absolute atomic E-state index is 13.2. The van der Waals surface area contributed by atoms with Crippen LogP contribution in [-0.4, -0.2) is 60.4 Å². The largest absolute Gasteiger partial charge is 0.497 e. The van der Waals surface area contributed by atoms with Gasteiger partial charge < -0.3 is 14.4 Å². The molecule has 0 N–H and O–H groups in total. The highest BCUT2D eigenvalue weighted by Crippen LogP contribution is 2.26. The van der Waals surface area contributed by atoms with Gasteiger partial charge in [-0.05, 0) is 50.6 Å². The van der Waals surface area contributed by atoms with Gasteiger partial charge in [-0.25, -0.2) is 4.39 Å². The third-order valence-electron chi connectivity index (χ3n) is 5.65. The highest BCUT2D eigenvalue weighted by atomic mass is 19.1. The number of halogens is 1. The third-order valence-corrected chi connectivity index (χ3v) is 5.65. The smallest absolute Gasteiger partial charge is 0.260 e. The summed E-state index contributed by atoms with van der Waals surface area (Å²) in [5.41, 5.74) is 1.46. The molecule has 0 radical (unpaired) electrons. The average molecular weight is 429 g/mol. The second kappa shape index (κ2) is 9.92. The maximum Gasteiger partial charge on any atom is 0.260 e. The van der Waals surface area contributed by atoms with Gasteiger partial charge in [0.05, 0.1) is 12.7 Å². The summed E-state index contributed by atoms with van der Waals surface area (Å²) >= 11 is 0. The normalized spacial score (nSPS) is 19.2. The molecule has 1 aliphatic rings. The number of methoxy groups -OCH3 is 1. The van der Waals surface area contributed by atoms with Crippen LogP contribution in [0.5, 0.6) is 11.5 Å². The van der Waals surface area contributed by atoms with Crippen LogP contribution in [-0.2, 0) is 11.3 Å². The first-order valence-electron chi connectivity index (χ1n) is 10.4. The summed E-state index contributed by atoms with van der Waals surface area (Å²) in [6.45, 7) is 7.38. The second-order valence-electron chi connectivity index (χ2n) is 8.01. The van der Waals surface area contributed by atoms with Crippen LogP contribution in [0.15, 0.2) is 42.5 Å². The lowest BCUT2D eigenvalue weighted by Crippen LogP contribution is -2.58. The van der Waals surface area contributed by atoms with E-state index in [0.717, 1.165) is 5.56 Å². The molecule has 0 spiro atoms. The van der Waals surface area contributed by atoms with E-state index in [2.05, 4.69) is 11.8 Å². The molecule has 7 heteroatoms. The molecule has 1 fully saturated rings. The Labute approximate surface area is 182 Å². The van der Waals surface area contributed by atoms with Crippen molar-refractivity contribution in [1.82, 2.24) is 9.80 Å². The van der Waals surface area contributed by atoms with Gasteiger partial charge in [0, 0.05) is 37.8 Å². The highest BCUT2D eigenvalue weighted by molar-refractivity contribution is 5.97. The molecule has 0 bridgehead atoms. The predicted octanol–water partition coefficient (Wildman–Crippen LogP) is 3.54. The van der Waals surface area contributed by atoms with E-state index < -0.39 is 0 Å². The van der Waals surface area contributed by atoms with Crippen molar-refractivity contribution in [2.45, 2.75) is 39.4 Å². The van der Waals surface area contributed by atoms with Crippen LogP contribution < -0.4 is 9.47 Å². The summed E-state index contributed by atoms with van der Waals surface area (Å²) in [6, 6.07) is 11.6. The fourth-order valence-electron chi connectivity index (χ4n) is 3.85. The quantitative estimate of drug-likeness (QED) is 0.632. The minimum absolute atomic E-state index is 0.00494. The van der Waals surface area contributed by atoms with E-state index in [-0.39, 0.29) is 36.2 Å². The molecule has 1 amide bonds. The zero-order valence-electron chi connectivity index (χ0n) is 18.4. The molecule has 1 saturated heterocycles. The number of benzene rings is 2. The van der Waals surface area contributed by atoms with Crippen LogP contribution >= 0.6 is 0 Å². The number of carbonyl (C=O) groups is 2. The standard InChI is InChI=1S/C24H29FN2O4/c1-16-13-27(17(2)12-26(16)14-19-5-7-20(25)8-6-19)24(29)15-31-23-11-21(30-4)9-10-22(23)18(3)28/h5-11,16-17H,12-15H2,1-4H3/t16-,17+/m1/s1. The average Bonchev–Trinajstić information content (AvgIpc) is 2.75. The number of carbonyl (C=O) groups excluding carboxylic acids is 2. The van der Waals surface area contributed by atoms with Crippen molar-refractivity contribution in [3.63, 3.8) is 0 Å². The summed E-state index contributed by atoms with van der Waals surface area (Å²) in [6.07, 6.45) is 0. The van der Waals surface area contributed by atoms with E-state index in [0.29, 0.717) is 36.7 Å². The number of Topliss-reactive ketones (excluding diaryl/α,β-unsaturated/α-hetero) is 1. The van der Waals surface area contributed by atoms with Crippen molar-refractivity contribution >= 4 is 11.7 Å². The van der Waals surface area contributed by atoms with Crippen molar-refractivity contribution in [3.8, 4) is 11.5 Å². The molecule has 6 nitrogen and oxygen atoms in total. The third kappa shape index (κ3) is 5.61. The van der Waals surface area contributed by atoms with E-state index in [9.17, 15) is 14.0 Å². The Hall–Kier alpha value is -2.93. The predicted molar refractivity (Wildman–Crippen MR) is 116 cm³/mol. The fraction of sp³-hybridized carbons (Fsp3) is 0.417. The van der Waals surface area contributed by atoms with E-state index in [1.165, 1.54) is 26.2 Å². The lowest BCUT2D eigenvalue weighted by molar-refractivity contribution is -0.139. The Balaban J connectivity index is 1.62. The molecule has 2 atom stereocenters. The first-order valence-corrected chi connectivity index (χ1v) is 10.4. The van der Waals surface area contributed by atoms with Gasteiger partial charge in [-0.15, -0.1) is 0 Å². The summed E-state index contributed by atoms with van der Waals surface area (Å²) < 4.78 is 24.1. The monoisotopic (exact) mass is 428 g/mol. The fourth-order valence-corrected chi connectivity index (χ4v) is 3.85. The van der Waals surface area contributed by atoms with Crippen LogP contribution in [0.1, 0.15) is 36.7 Å². The first kappa shape index (κ1) is 22.7. The Morgan fingerprint density at radius 3 is 2.42 bits per heavy atom. The first-order chi connectivity index (χ1) is 14.8. The topological polar surface area (TPSA) is 59.1 Å². The van der Waals surface area contributed by atoms with Crippen LogP contribution in [0.2, 0.25) is 0 Å². The number of ketones is 1. The van der Waals surface area contributed by atoms with E-state index in [4.69, 9.17) is 9.47 Å². The molecule has 0 saturated carbocycles. The molecule has 31 heavy (non-hydrogen) atoms. The Bertz CT molecular complexity index is 932. The lowest BCUT2D eigenvalue weighted by Gasteiger charge is -2.44. The number of hydrogen-bond donors (Lipinski definition) is 0. The lowest BCUT2D eigenvalue weighted by atomic mass is 10.1. The van der Waals surface area contributed by atoms with Crippen molar-refractivity contribution in [2.24, 2.45) is 0 Å². The van der Waals surface area contributed by atoms with Gasteiger partial charge in [0.15, 0.2) is 12.4 Å². The van der Waals surface area contributed by atoms with E-state index in [1.54, 1.807) is 30.3 Å². The molecule has 2 aromatic rings. The van der Waals surface area contributed by atoms with Gasteiger partial charge >= 0.3 is 0 Å². The van der Waals surface area contributed by atoms with Crippen molar-refractivity contribution in [2.75, 3.05) is 26.8 Å². The maximum atomic E-state index is 13.2.